The van der Waals surface area contributed by atoms with Crippen LogP contribution in [0.25, 0.3) is 11.0 Å². The molecule has 0 saturated heterocycles. The Hall–Kier alpha value is -2.95. The van der Waals surface area contributed by atoms with E-state index in [1.54, 1.807) is 20.3 Å². The summed E-state index contributed by atoms with van der Waals surface area (Å²) in [6.07, 6.45) is 0. The number of aryl methyl sites for hydroxylation is 1. The molecule has 124 valence electrons. The third kappa shape index (κ3) is 3.06. The number of fused-ring (bicyclic) bond motifs is 1. The number of carbonyl (C=O) groups is 1. The molecule has 0 atom stereocenters. The summed E-state index contributed by atoms with van der Waals surface area (Å²) >= 11 is 0. The van der Waals surface area contributed by atoms with Crippen LogP contribution in [-0.2, 0) is 6.54 Å². The zero-order valence-electron chi connectivity index (χ0n) is 13.9. The maximum absolute atomic E-state index is 12.4. The molecule has 5 heteroatoms. The van der Waals surface area contributed by atoms with Gasteiger partial charge in [-0.2, -0.15) is 0 Å². The van der Waals surface area contributed by atoms with Crippen molar-refractivity contribution in [3.05, 3.63) is 59.4 Å². The van der Waals surface area contributed by atoms with Crippen molar-refractivity contribution >= 4 is 16.9 Å². The molecule has 1 aromatic heterocycles. The number of ether oxygens (including phenoxy) is 2. The van der Waals surface area contributed by atoms with Crippen molar-refractivity contribution in [1.82, 2.24) is 5.32 Å². The summed E-state index contributed by atoms with van der Waals surface area (Å²) < 4.78 is 16.0. The van der Waals surface area contributed by atoms with E-state index in [4.69, 9.17) is 13.9 Å². The number of hydrogen-bond donors (Lipinski definition) is 1. The number of carbonyl (C=O) groups excluding carboxylic acids is 1. The predicted molar refractivity (Wildman–Crippen MR) is 91.7 cm³/mol. The Kier molecular flexibility index (Phi) is 4.42. The number of rotatable bonds is 5. The van der Waals surface area contributed by atoms with Crippen LogP contribution >= 0.6 is 0 Å². The third-order valence-electron chi connectivity index (χ3n) is 3.96. The Morgan fingerprint density at radius 3 is 2.38 bits per heavy atom. The maximum Gasteiger partial charge on any atom is 0.287 e. The first-order valence-corrected chi connectivity index (χ1v) is 7.60. The van der Waals surface area contributed by atoms with Gasteiger partial charge in [0.25, 0.3) is 5.91 Å². The number of amides is 1. The first kappa shape index (κ1) is 15.9. The molecule has 1 N–H and O–H groups in total. The van der Waals surface area contributed by atoms with Gasteiger partial charge in [0.1, 0.15) is 17.1 Å². The molecule has 24 heavy (non-hydrogen) atoms. The first-order chi connectivity index (χ1) is 11.6. The number of furan rings is 1. The molecule has 1 heterocycles. The topological polar surface area (TPSA) is 60.7 Å². The molecule has 3 aromatic rings. The average molecular weight is 325 g/mol. The van der Waals surface area contributed by atoms with E-state index >= 15 is 0 Å². The van der Waals surface area contributed by atoms with Gasteiger partial charge in [0.2, 0.25) is 0 Å². The van der Waals surface area contributed by atoms with Crippen LogP contribution in [-0.4, -0.2) is 20.1 Å². The van der Waals surface area contributed by atoms with Gasteiger partial charge < -0.3 is 19.2 Å². The number of nitrogens with one attached hydrogen (secondary N) is 1. The molecule has 0 bridgehead atoms. The lowest BCUT2D eigenvalue weighted by molar-refractivity contribution is 0.0924. The van der Waals surface area contributed by atoms with E-state index in [-0.39, 0.29) is 5.91 Å². The number of methoxy groups -OCH3 is 2. The van der Waals surface area contributed by atoms with Crippen molar-refractivity contribution < 1.29 is 18.7 Å². The minimum atomic E-state index is -0.238. The fourth-order valence-electron chi connectivity index (χ4n) is 2.55. The van der Waals surface area contributed by atoms with Gasteiger partial charge in [0, 0.05) is 17.5 Å². The largest absolute Gasteiger partial charge is 0.497 e. The molecule has 0 aliphatic heterocycles. The van der Waals surface area contributed by atoms with Gasteiger partial charge in [-0.25, -0.2) is 0 Å². The van der Waals surface area contributed by atoms with Crippen LogP contribution < -0.4 is 14.8 Å². The lowest BCUT2D eigenvalue weighted by Crippen LogP contribution is -2.22. The molecule has 0 aliphatic rings. The zero-order valence-corrected chi connectivity index (χ0v) is 13.9. The summed E-state index contributed by atoms with van der Waals surface area (Å²) in [4.78, 5) is 12.4. The van der Waals surface area contributed by atoms with Gasteiger partial charge >= 0.3 is 0 Å². The second-order valence-electron chi connectivity index (χ2n) is 5.45. The summed E-state index contributed by atoms with van der Waals surface area (Å²) in [6.45, 7) is 2.29. The molecule has 0 saturated carbocycles. The van der Waals surface area contributed by atoms with E-state index in [0.29, 0.717) is 17.9 Å². The van der Waals surface area contributed by atoms with Crippen molar-refractivity contribution in [2.75, 3.05) is 14.2 Å². The Bertz CT molecular complexity index is 865. The van der Waals surface area contributed by atoms with Gasteiger partial charge in [-0.05, 0) is 42.8 Å². The molecular formula is C19H19NO4. The maximum atomic E-state index is 12.4. The predicted octanol–water partition coefficient (Wildman–Crippen LogP) is 3.69. The van der Waals surface area contributed by atoms with E-state index in [9.17, 15) is 4.79 Å². The number of benzene rings is 2. The van der Waals surface area contributed by atoms with Gasteiger partial charge in [0.05, 0.1) is 14.2 Å². The van der Waals surface area contributed by atoms with E-state index in [2.05, 4.69) is 5.32 Å². The Labute approximate surface area is 140 Å². The van der Waals surface area contributed by atoms with Crippen LogP contribution in [0.1, 0.15) is 21.7 Å². The molecule has 0 radical (unpaired) electrons. The van der Waals surface area contributed by atoms with Crippen molar-refractivity contribution in [2.45, 2.75) is 13.5 Å². The van der Waals surface area contributed by atoms with Crippen LogP contribution in [0.4, 0.5) is 0 Å². The van der Waals surface area contributed by atoms with Crippen LogP contribution in [0, 0.1) is 6.92 Å². The van der Waals surface area contributed by atoms with Gasteiger partial charge in [-0.15, -0.1) is 0 Å². The average Bonchev–Trinajstić information content (AvgIpc) is 2.96. The van der Waals surface area contributed by atoms with Crippen molar-refractivity contribution in [1.29, 1.82) is 0 Å². The smallest absolute Gasteiger partial charge is 0.287 e. The molecule has 0 unspecified atom stereocenters. The van der Waals surface area contributed by atoms with Crippen LogP contribution in [0.15, 0.2) is 46.9 Å². The molecule has 1 amide bonds. The molecular weight excluding hydrogens is 306 g/mol. The van der Waals surface area contributed by atoms with Crippen molar-refractivity contribution in [2.24, 2.45) is 0 Å². The highest BCUT2D eigenvalue weighted by Gasteiger charge is 2.17. The van der Waals surface area contributed by atoms with Gasteiger partial charge in [0.15, 0.2) is 5.76 Å². The Balaban J connectivity index is 1.76. The van der Waals surface area contributed by atoms with Crippen LogP contribution in [0.3, 0.4) is 0 Å². The van der Waals surface area contributed by atoms with E-state index in [1.165, 1.54) is 0 Å². The zero-order chi connectivity index (χ0) is 17.1. The fourth-order valence-corrected chi connectivity index (χ4v) is 2.55. The van der Waals surface area contributed by atoms with Crippen molar-refractivity contribution in [3.63, 3.8) is 0 Å². The fraction of sp³-hybridized carbons (Fsp3) is 0.211. The SMILES string of the molecule is COc1ccc(CNC(=O)c2oc3ccc(OC)cc3c2C)cc1. The van der Waals surface area contributed by atoms with Gasteiger partial charge in [-0.1, -0.05) is 12.1 Å². The summed E-state index contributed by atoms with van der Waals surface area (Å²) in [5.74, 6) is 1.61. The third-order valence-corrected chi connectivity index (χ3v) is 3.96. The highest BCUT2D eigenvalue weighted by atomic mass is 16.5. The monoisotopic (exact) mass is 325 g/mol. The quantitative estimate of drug-likeness (QED) is 0.777. The second kappa shape index (κ2) is 6.66. The minimum absolute atomic E-state index is 0.238. The standard InChI is InChI=1S/C19H19NO4/c1-12-16-10-15(23-3)8-9-17(16)24-18(12)19(21)20-11-13-4-6-14(22-2)7-5-13/h4-10H,11H2,1-3H3,(H,20,21). The van der Waals surface area contributed by atoms with E-state index < -0.39 is 0 Å². The number of hydrogen-bond acceptors (Lipinski definition) is 4. The molecule has 0 aliphatic carbocycles. The van der Waals surface area contributed by atoms with Gasteiger partial charge in [-0.3, -0.25) is 4.79 Å². The van der Waals surface area contributed by atoms with Crippen molar-refractivity contribution in [3.8, 4) is 11.5 Å². The summed E-state index contributed by atoms with van der Waals surface area (Å²) in [6, 6.07) is 13.0. The minimum Gasteiger partial charge on any atom is -0.497 e. The molecule has 3 rings (SSSR count). The lowest BCUT2D eigenvalue weighted by Gasteiger charge is -2.05. The second-order valence-corrected chi connectivity index (χ2v) is 5.45. The molecule has 0 fully saturated rings. The summed E-state index contributed by atoms with van der Waals surface area (Å²) in [5.41, 5.74) is 2.46. The van der Waals surface area contributed by atoms with Crippen LogP contribution in [0.2, 0.25) is 0 Å². The van der Waals surface area contributed by atoms with E-state index in [0.717, 1.165) is 28.0 Å². The highest BCUT2D eigenvalue weighted by molar-refractivity contribution is 5.99. The van der Waals surface area contributed by atoms with E-state index in [1.807, 2.05) is 43.3 Å². The normalized spacial score (nSPS) is 10.6. The highest BCUT2D eigenvalue weighted by Crippen LogP contribution is 2.28. The summed E-state index contributed by atoms with van der Waals surface area (Å²) in [5, 5.41) is 3.76. The van der Waals surface area contributed by atoms with Crippen LogP contribution in [0.5, 0.6) is 11.5 Å². The Morgan fingerprint density at radius 2 is 1.71 bits per heavy atom. The molecule has 5 nitrogen and oxygen atoms in total. The Morgan fingerprint density at radius 1 is 1.04 bits per heavy atom. The molecule has 0 spiro atoms. The lowest BCUT2D eigenvalue weighted by atomic mass is 10.1. The summed E-state index contributed by atoms with van der Waals surface area (Å²) in [7, 11) is 3.23. The first-order valence-electron chi connectivity index (χ1n) is 7.60. The molecule has 2 aromatic carbocycles.